The molecule has 1 fully saturated rings. The Labute approximate surface area is 229 Å². The molecule has 3 aromatic rings. The van der Waals surface area contributed by atoms with Gasteiger partial charge in [-0.2, -0.15) is 0 Å². The second-order valence-corrected chi connectivity index (χ2v) is 9.82. The molecule has 0 atom stereocenters. The van der Waals surface area contributed by atoms with Crippen molar-refractivity contribution < 1.29 is 33.6 Å². The van der Waals surface area contributed by atoms with Gasteiger partial charge < -0.3 is 24.1 Å². The Bertz CT molecular complexity index is 1350. The standard InChI is InChI=1S/C28H25NO7S2/c1-33-21-8-3-18(4-9-21)16-35-23-12-7-20(14-25-27(32)29(15-26(30)31)28(37)38-25)13-24(23)36-17-19-5-10-22(34-2)11-6-19/h3-14H,15-17H2,1-2H3,(H,30,31). The van der Waals surface area contributed by atoms with E-state index >= 15 is 0 Å². The van der Waals surface area contributed by atoms with Crippen LogP contribution in [0.4, 0.5) is 0 Å². The molecule has 1 N–H and O–H groups in total. The molecular formula is C28H25NO7S2. The number of amides is 1. The Balaban J connectivity index is 1.56. The molecule has 0 bridgehead atoms. The van der Waals surface area contributed by atoms with Crippen LogP contribution in [-0.2, 0) is 22.8 Å². The van der Waals surface area contributed by atoms with Crippen LogP contribution < -0.4 is 18.9 Å². The molecule has 38 heavy (non-hydrogen) atoms. The molecule has 1 aliphatic heterocycles. The molecular weight excluding hydrogens is 526 g/mol. The third-order valence-corrected chi connectivity index (χ3v) is 6.92. The number of thiocarbonyl (C=S) groups is 1. The second-order valence-electron chi connectivity index (χ2n) is 8.14. The minimum atomic E-state index is -1.13. The number of hydrogen-bond acceptors (Lipinski definition) is 8. The van der Waals surface area contributed by atoms with E-state index in [4.69, 9.17) is 36.3 Å². The number of methoxy groups -OCH3 is 2. The third kappa shape index (κ3) is 6.84. The van der Waals surface area contributed by atoms with E-state index < -0.39 is 18.4 Å². The van der Waals surface area contributed by atoms with Crippen molar-refractivity contribution in [2.75, 3.05) is 20.8 Å². The molecule has 8 nitrogen and oxygen atoms in total. The fourth-order valence-corrected chi connectivity index (χ4v) is 4.79. The van der Waals surface area contributed by atoms with Crippen LogP contribution in [0.15, 0.2) is 71.6 Å². The number of thioether (sulfide) groups is 1. The van der Waals surface area contributed by atoms with Gasteiger partial charge in [0.05, 0.1) is 19.1 Å². The van der Waals surface area contributed by atoms with Gasteiger partial charge in [0, 0.05) is 0 Å². The molecule has 0 spiro atoms. The number of aliphatic carboxylic acids is 1. The van der Waals surface area contributed by atoms with Crippen molar-refractivity contribution in [1.82, 2.24) is 4.90 Å². The smallest absolute Gasteiger partial charge is 0.323 e. The Kier molecular flexibility index (Phi) is 8.88. The van der Waals surface area contributed by atoms with E-state index in [1.807, 2.05) is 48.5 Å². The number of ether oxygens (including phenoxy) is 4. The molecule has 4 rings (SSSR count). The quantitative estimate of drug-likeness (QED) is 0.257. The Morgan fingerprint density at radius 3 is 1.97 bits per heavy atom. The zero-order chi connectivity index (χ0) is 27.1. The molecule has 0 aliphatic carbocycles. The van der Waals surface area contributed by atoms with Crippen molar-refractivity contribution >= 4 is 46.3 Å². The van der Waals surface area contributed by atoms with Gasteiger partial charge in [-0.05, 0) is 59.2 Å². The van der Waals surface area contributed by atoms with Crippen molar-refractivity contribution in [3.05, 3.63) is 88.3 Å². The summed E-state index contributed by atoms with van der Waals surface area (Å²) in [5, 5.41) is 9.07. The average molecular weight is 552 g/mol. The fourth-order valence-electron chi connectivity index (χ4n) is 3.54. The van der Waals surface area contributed by atoms with Gasteiger partial charge in [0.15, 0.2) is 11.5 Å². The van der Waals surface area contributed by atoms with Gasteiger partial charge >= 0.3 is 5.97 Å². The Morgan fingerprint density at radius 2 is 1.45 bits per heavy atom. The van der Waals surface area contributed by atoms with Gasteiger partial charge in [-0.15, -0.1) is 0 Å². The highest BCUT2D eigenvalue weighted by atomic mass is 32.2. The highest BCUT2D eigenvalue weighted by Crippen LogP contribution is 2.35. The molecule has 10 heteroatoms. The van der Waals surface area contributed by atoms with Crippen molar-refractivity contribution in [2.45, 2.75) is 13.2 Å². The van der Waals surface area contributed by atoms with E-state index in [0.29, 0.717) is 28.6 Å². The first kappa shape index (κ1) is 27.0. The number of nitrogens with zero attached hydrogens (tertiary/aromatic N) is 1. The van der Waals surface area contributed by atoms with Crippen molar-refractivity contribution in [3.8, 4) is 23.0 Å². The van der Waals surface area contributed by atoms with Crippen LogP contribution in [0.1, 0.15) is 16.7 Å². The predicted octanol–water partition coefficient (Wildman–Crippen LogP) is 5.15. The SMILES string of the molecule is COc1ccc(COc2ccc(C=C3SC(=S)N(CC(=O)O)C3=O)cc2OCc2ccc(OC)cc2)cc1. The lowest BCUT2D eigenvalue weighted by atomic mass is 10.1. The van der Waals surface area contributed by atoms with Crippen molar-refractivity contribution in [3.63, 3.8) is 0 Å². The fraction of sp³-hybridized carbons (Fsp3) is 0.179. The molecule has 0 unspecified atom stereocenters. The van der Waals surface area contributed by atoms with Gasteiger partial charge in [0.1, 0.15) is 35.6 Å². The van der Waals surface area contributed by atoms with Crippen LogP contribution in [-0.4, -0.2) is 47.0 Å². The van der Waals surface area contributed by atoms with E-state index in [1.165, 1.54) is 0 Å². The number of carboxylic acid groups (broad SMARTS) is 1. The summed E-state index contributed by atoms with van der Waals surface area (Å²) >= 11 is 6.25. The van der Waals surface area contributed by atoms with E-state index in [0.717, 1.165) is 39.3 Å². The zero-order valence-electron chi connectivity index (χ0n) is 20.7. The monoisotopic (exact) mass is 551 g/mol. The van der Waals surface area contributed by atoms with Gasteiger partial charge in [-0.1, -0.05) is 54.3 Å². The summed E-state index contributed by atoms with van der Waals surface area (Å²) in [5.74, 6) is 0.960. The van der Waals surface area contributed by atoms with Crippen LogP contribution in [0.25, 0.3) is 6.08 Å². The lowest BCUT2D eigenvalue weighted by molar-refractivity contribution is -0.140. The summed E-state index contributed by atoms with van der Waals surface area (Å²) in [7, 11) is 3.22. The maximum atomic E-state index is 12.7. The summed E-state index contributed by atoms with van der Waals surface area (Å²) in [6.45, 7) is 0.125. The number of benzene rings is 3. The van der Waals surface area contributed by atoms with Crippen LogP contribution in [0.3, 0.4) is 0 Å². The summed E-state index contributed by atoms with van der Waals surface area (Å²) in [6.07, 6.45) is 1.66. The molecule has 1 aliphatic rings. The molecule has 196 valence electrons. The van der Waals surface area contributed by atoms with Crippen LogP contribution >= 0.6 is 24.0 Å². The molecule has 1 saturated heterocycles. The van der Waals surface area contributed by atoms with Crippen molar-refractivity contribution in [1.29, 1.82) is 0 Å². The molecule has 3 aromatic carbocycles. The Morgan fingerprint density at radius 1 is 0.895 bits per heavy atom. The maximum Gasteiger partial charge on any atom is 0.323 e. The van der Waals surface area contributed by atoms with E-state index in [1.54, 1.807) is 38.5 Å². The molecule has 0 saturated carbocycles. The minimum Gasteiger partial charge on any atom is -0.497 e. The molecule has 0 aromatic heterocycles. The largest absolute Gasteiger partial charge is 0.497 e. The predicted molar refractivity (Wildman–Crippen MR) is 149 cm³/mol. The number of hydrogen-bond donors (Lipinski definition) is 1. The second kappa shape index (κ2) is 12.5. The zero-order valence-corrected chi connectivity index (χ0v) is 22.3. The first-order valence-electron chi connectivity index (χ1n) is 11.5. The number of rotatable bonds is 11. The van der Waals surface area contributed by atoms with Crippen LogP contribution in [0, 0.1) is 0 Å². The first-order valence-corrected chi connectivity index (χ1v) is 12.7. The van der Waals surface area contributed by atoms with Crippen LogP contribution in [0.2, 0.25) is 0 Å². The van der Waals surface area contributed by atoms with Gasteiger partial charge in [0.25, 0.3) is 5.91 Å². The maximum absolute atomic E-state index is 12.7. The first-order chi connectivity index (χ1) is 18.4. The molecule has 1 heterocycles. The molecule has 0 radical (unpaired) electrons. The lowest BCUT2D eigenvalue weighted by Gasteiger charge is -2.14. The van der Waals surface area contributed by atoms with Crippen LogP contribution in [0.5, 0.6) is 23.0 Å². The highest BCUT2D eigenvalue weighted by Gasteiger charge is 2.33. The van der Waals surface area contributed by atoms with Crippen molar-refractivity contribution in [2.24, 2.45) is 0 Å². The lowest BCUT2D eigenvalue weighted by Crippen LogP contribution is -2.33. The normalized spacial score (nSPS) is 14.1. The van der Waals surface area contributed by atoms with E-state index in [2.05, 4.69) is 0 Å². The van der Waals surface area contributed by atoms with E-state index in [9.17, 15) is 9.59 Å². The number of carbonyl (C=O) groups excluding carboxylic acids is 1. The summed E-state index contributed by atoms with van der Waals surface area (Å²) < 4.78 is 22.8. The number of carbonyl (C=O) groups is 2. The molecule has 1 amide bonds. The topological polar surface area (TPSA) is 94.5 Å². The minimum absolute atomic E-state index is 0.207. The number of carboxylic acids is 1. The Hall–Kier alpha value is -4.02. The van der Waals surface area contributed by atoms with Gasteiger partial charge in [-0.3, -0.25) is 14.5 Å². The highest BCUT2D eigenvalue weighted by molar-refractivity contribution is 8.26. The van der Waals surface area contributed by atoms with Gasteiger partial charge in [-0.25, -0.2) is 0 Å². The van der Waals surface area contributed by atoms with Gasteiger partial charge in [0.2, 0.25) is 0 Å². The summed E-state index contributed by atoms with van der Waals surface area (Å²) in [4.78, 5) is 25.2. The summed E-state index contributed by atoms with van der Waals surface area (Å²) in [5.41, 5.74) is 2.58. The average Bonchev–Trinajstić information content (AvgIpc) is 3.18. The third-order valence-electron chi connectivity index (χ3n) is 5.54. The van der Waals surface area contributed by atoms with E-state index in [-0.39, 0.29) is 10.9 Å². The summed E-state index contributed by atoms with van der Waals surface area (Å²) in [6, 6.07) is 20.5.